The topological polar surface area (TPSA) is 80.4 Å². The van der Waals surface area contributed by atoms with E-state index in [-0.39, 0.29) is 5.92 Å². The Balaban J connectivity index is 2.62. The van der Waals surface area contributed by atoms with Gasteiger partial charge in [0.15, 0.2) is 0 Å². The van der Waals surface area contributed by atoms with Crippen molar-refractivity contribution in [2.45, 2.75) is 50.2 Å². The highest BCUT2D eigenvalue weighted by Crippen LogP contribution is 2.31. The Morgan fingerprint density at radius 2 is 1.87 bits per heavy atom. The molecule has 5 heteroatoms. The van der Waals surface area contributed by atoms with Crippen LogP contribution in [0.5, 0.6) is 0 Å². The number of rotatable bonds is 5. The van der Waals surface area contributed by atoms with Crippen LogP contribution in [0.15, 0.2) is 0 Å². The van der Waals surface area contributed by atoms with E-state index in [0.717, 1.165) is 25.7 Å². The molecule has 0 aromatic rings. The van der Waals surface area contributed by atoms with Crippen molar-refractivity contribution in [2.75, 3.05) is 6.54 Å². The van der Waals surface area contributed by atoms with E-state index in [1.54, 1.807) is 0 Å². The third-order valence-electron chi connectivity index (χ3n) is 3.25. The third-order valence-corrected chi connectivity index (χ3v) is 4.64. The molecule has 4 nitrogen and oxygen atoms in total. The van der Waals surface area contributed by atoms with Gasteiger partial charge in [-0.25, -0.2) is 0 Å². The van der Waals surface area contributed by atoms with Crippen molar-refractivity contribution in [3.05, 3.63) is 0 Å². The fraction of sp³-hybridized carbons (Fsp3) is 1.00. The molecular formula is C10H21NO3S. The average molecular weight is 235 g/mol. The summed E-state index contributed by atoms with van der Waals surface area (Å²) in [6.45, 7) is 0.485. The Kier molecular flexibility index (Phi) is 5.02. The van der Waals surface area contributed by atoms with Gasteiger partial charge < -0.3 is 5.73 Å². The molecule has 0 spiro atoms. The minimum atomic E-state index is -3.89. The van der Waals surface area contributed by atoms with Gasteiger partial charge in [0, 0.05) is 0 Å². The lowest BCUT2D eigenvalue weighted by Crippen LogP contribution is -2.31. The van der Waals surface area contributed by atoms with E-state index in [9.17, 15) is 13.0 Å². The van der Waals surface area contributed by atoms with Crippen molar-refractivity contribution in [2.24, 2.45) is 11.7 Å². The lowest BCUT2D eigenvalue weighted by atomic mass is 9.85. The summed E-state index contributed by atoms with van der Waals surface area (Å²) >= 11 is 0. The summed E-state index contributed by atoms with van der Waals surface area (Å²) in [6.07, 6.45) is 6.37. The zero-order valence-electron chi connectivity index (χ0n) is 9.06. The molecule has 1 fully saturated rings. The molecule has 1 atom stereocenters. The van der Waals surface area contributed by atoms with Crippen LogP contribution in [0.25, 0.3) is 0 Å². The minimum Gasteiger partial charge on any atom is -0.330 e. The van der Waals surface area contributed by atoms with Crippen LogP contribution in [0.3, 0.4) is 0 Å². The molecule has 1 unspecified atom stereocenters. The van der Waals surface area contributed by atoms with Gasteiger partial charge in [-0.05, 0) is 38.1 Å². The molecule has 0 bridgehead atoms. The van der Waals surface area contributed by atoms with E-state index in [1.165, 1.54) is 6.42 Å². The van der Waals surface area contributed by atoms with E-state index in [1.807, 2.05) is 0 Å². The maximum Gasteiger partial charge on any atom is 0.268 e. The van der Waals surface area contributed by atoms with Gasteiger partial charge in [0.2, 0.25) is 0 Å². The highest BCUT2D eigenvalue weighted by molar-refractivity contribution is 7.86. The van der Waals surface area contributed by atoms with Crippen LogP contribution in [0.2, 0.25) is 0 Å². The average Bonchev–Trinajstić information content (AvgIpc) is 2.18. The molecule has 90 valence electrons. The summed E-state index contributed by atoms with van der Waals surface area (Å²) < 4.78 is 31.7. The molecule has 0 aromatic heterocycles. The first kappa shape index (κ1) is 12.9. The summed E-state index contributed by atoms with van der Waals surface area (Å²) in [5.41, 5.74) is 5.37. The maximum atomic E-state index is 11.3. The van der Waals surface area contributed by atoms with Crippen molar-refractivity contribution in [1.82, 2.24) is 0 Å². The Labute approximate surface area is 92.0 Å². The maximum absolute atomic E-state index is 11.3. The molecule has 1 aliphatic rings. The van der Waals surface area contributed by atoms with Crippen LogP contribution in [0.1, 0.15) is 44.9 Å². The van der Waals surface area contributed by atoms with E-state index in [4.69, 9.17) is 5.73 Å². The van der Waals surface area contributed by atoms with Gasteiger partial charge in [0.05, 0.1) is 5.25 Å². The third kappa shape index (κ3) is 4.09. The van der Waals surface area contributed by atoms with E-state index < -0.39 is 15.4 Å². The molecule has 0 saturated heterocycles. The van der Waals surface area contributed by atoms with E-state index >= 15 is 0 Å². The Hall–Kier alpha value is -0.130. The summed E-state index contributed by atoms with van der Waals surface area (Å²) in [7, 11) is -3.89. The van der Waals surface area contributed by atoms with Gasteiger partial charge in [-0.2, -0.15) is 8.42 Å². The Morgan fingerprint density at radius 3 is 2.33 bits per heavy atom. The van der Waals surface area contributed by atoms with Crippen LogP contribution in [0.4, 0.5) is 0 Å². The quantitative estimate of drug-likeness (QED) is 0.709. The first-order chi connectivity index (χ1) is 7.05. The normalized spacial score (nSPS) is 21.5. The lowest BCUT2D eigenvalue weighted by Gasteiger charge is -2.28. The number of hydrogen-bond donors (Lipinski definition) is 2. The van der Waals surface area contributed by atoms with Gasteiger partial charge in [-0.3, -0.25) is 4.55 Å². The van der Waals surface area contributed by atoms with Crippen molar-refractivity contribution in [3.63, 3.8) is 0 Å². The predicted molar refractivity (Wildman–Crippen MR) is 60.2 cm³/mol. The molecule has 0 aromatic carbocycles. The highest BCUT2D eigenvalue weighted by atomic mass is 32.2. The van der Waals surface area contributed by atoms with Gasteiger partial charge in [0.25, 0.3) is 10.1 Å². The van der Waals surface area contributed by atoms with E-state index in [2.05, 4.69) is 0 Å². The standard InChI is InChI=1S/C10H21NO3S/c11-8-4-7-10(15(12,13)14)9-5-2-1-3-6-9/h9-10H,1-8,11H2,(H,12,13,14). The van der Waals surface area contributed by atoms with Crippen LogP contribution in [-0.2, 0) is 10.1 Å². The molecule has 15 heavy (non-hydrogen) atoms. The zero-order chi connectivity index (χ0) is 11.3. The fourth-order valence-corrected chi connectivity index (χ4v) is 3.68. The first-order valence-electron chi connectivity index (χ1n) is 5.72. The molecular weight excluding hydrogens is 214 g/mol. The molecule has 0 radical (unpaired) electrons. The Bertz CT molecular complexity index is 270. The van der Waals surface area contributed by atoms with Crippen molar-refractivity contribution < 1.29 is 13.0 Å². The number of nitrogens with two attached hydrogens (primary N) is 1. The molecule has 0 amide bonds. The molecule has 0 aliphatic heterocycles. The van der Waals surface area contributed by atoms with Crippen molar-refractivity contribution >= 4 is 10.1 Å². The monoisotopic (exact) mass is 235 g/mol. The van der Waals surface area contributed by atoms with Crippen molar-refractivity contribution in [3.8, 4) is 0 Å². The van der Waals surface area contributed by atoms with Crippen LogP contribution >= 0.6 is 0 Å². The summed E-state index contributed by atoms with van der Waals surface area (Å²) in [6, 6.07) is 0. The van der Waals surface area contributed by atoms with Gasteiger partial charge in [-0.15, -0.1) is 0 Å². The summed E-state index contributed by atoms with van der Waals surface area (Å²) in [4.78, 5) is 0. The predicted octanol–water partition coefficient (Wildman–Crippen LogP) is 1.56. The molecule has 1 rings (SSSR count). The first-order valence-corrected chi connectivity index (χ1v) is 7.22. The molecule has 3 N–H and O–H groups in total. The summed E-state index contributed by atoms with van der Waals surface area (Å²) in [5, 5.41) is -0.582. The smallest absolute Gasteiger partial charge is 0.268 e. The van der Waals surface area contributed by atoms with E-state index in [0.29, 0.717) is 19.4 Å². The zero-order valence-corrected chi connectivity index (χ0v) is 9.88. The fourth-order valence-electron chi connectivity index (χ4n) is 2.45. The molecule has 1 saturated carbocycles. The van der Waals surface area contributed by atoms with Gasteiger partial charge in [0.1, 0.15) is 0 Å². The highest BCUT2D eigenvalue weighted by Gasteiger charge is 2.32. The van der Waals surface area contributed by atoms with Crippen molar-refractivity contribution in [1.29, 1.82) is 0 Å². The molecule has 0 heterocycles. The number of hydrogen-bond acceptors (Lipinski definition) is 3. The molecule has 1 aliphatic carbocycles. The SMILES string of the molecule is NCCCC(C1CCCCC1)S(=O)(=O)O. The second-order valence-electron chi connectivity index (χ2n) is 4.38. The summed E-state index contributed by atoms with van der Waals surface area (Å²) in [5.74, 6) is 0.139. The van der Waals surface area contributed by atoms with Gasteiger partial charge >= 0.3 is 0 Å². The Morgan fingerprint density at radius 1 is 1.27 bits per heavy atom. The lowest BCUT2D eigenvalue weighted by molar-refractivity contribution is 0.316. The van der Waals surface area contributed by atoms with Crippen LogP contribution in [-0.4, -0.2) is 24.8 Å². The van der Waals surface area contributed by atoms with Gasteiger partial charge in [-0.1, -0.05) is 19.3 Å². The second-order valence-corrected chi connectivity index (χ2v) is 6.02. The largest absolute Gasteiger partial charge is 0.330 e. The van der Waals surface area contributed by atoms with Crippen LogP contribution in [0, 0.1) is 5.92 Å². The second kappa shape index (κ2) is 5.82. The minimum absolute atomic E-state index is 0.139. The van der Waals surface area contributed by atoms with Crippen LogP contribution < -0.4 is 5.73 Å².